The number of azo groups is 2. The van der Waals surface area contributed by atoms with E-state index in [1.54, 1.807) is 0 Å². The smallest absolute Gasteiger partial charge is 0.372 e. The number of aryl methyl sites for hydroxylation is 6. The minimum atomic E-state index is -4.12. The van der Waals surface area contributed by atoms with Crippen molar-refractivity contribution in [3.63, 3.8) is 0 Å². The molecule has 6 rings (SSSR count). The molecular weight excluding hydrogens is 741 g/mol. The molecule has 0 aliphatic rings. The Bertz CT molecular complexity index is 2280. The van der Waals surface area contributed by atoms with E-state index < -0.39 is 10.4 Å². The molecule has 0 radical (unpaired) electrons. The Hall–Kier alpha value is -5.51. The summed E-state index contributed by atoms with van der Waals surface area (Å²) in [4.78, 5) is 4.35. The molecule has 0 saturated heterocycles. The number of rotatable bonds is 18. The third-order valence-electron chi connectivity index (χ3n) is 10.4. The van der Waals surface area contributed by atoms with Crippen LogP contribution in [0.2, 0.25) is 0 Å². The van der Waals surface area contributed by atoms with Gasteiger partial charge >= 0.3 is 22.3 Å². The Morgan fingerprint density at radius 2 is 1.02 bits per heavy atom. The van der Waals surface area contributed by atoms with Crippen LogP contribution in [-0.4, -0.2) is 56.9 Å². The maximum absolute atomic E-state index is 12.6. The number of benzene rings is 4. The van der Waals surface area contributed by atoms with Crippen LogP contribution >= 0.6 is 0 Å². The summed E-state index contributed by atoms with van der Waals surface area (Å²) >= 11 is 0. The normalized spacial score (nSPS) is 12.2. The number of hydrogen-bond donors (Lipinski definition) is 0. The van der Waals surface area contributed by atoms with Crippen molar-refractivity contribution < 1.29 is 25.9 Å². The van der Waals surface area contributed by atoms with Crippen molar-refractivity contribution in [3.05, 3.63) is 96.1 Å². The zero-order chi connectivity index (χ0) is 40.7. The van der Waals surface area contributed by atoms with Gasteiger partial charge in [-0.3, -0.25) is 0 Å². The van der Waals surface area contributed by atoms with Gasteiger partial charge in [0.1, 0.15) is 33.4 Å². The highest BCUT2D eigenvalue weighted by Gasteiger charge is 2.21. The molecule has 2 heterocycles. The van der Waals surface area contributed by atoms with Gasteiger partial charge in [0.25, 0.3) is 0 Å². The average molecular weight is 795 g/mol. The predicted octanol–water partition coefficient (Wildman–Crippen LogP) is 8.18. The summed E-state index contributed by atoms with van der Waals surface area (Å²) in [6, 6.07) is 28.4. The van der Waals surface area contributed by atoms with Crippen LogP contribution in [0.15, 0.2) is 105 Å². The third kappa shape index (κ3) is 9.38. The quantitative estimate of drug-likeness (QED) is 0.0491. The van der Waals surface area contributed by atoms with Crippen LogP contribution in [0.5, 0.6) is 0 Å². The first-order valence-electron chi connectivity index (χ1n) is 19.4. The summed E-state index contributed by atoms with van der Waals surface area (Å²) in [7, 11) is 3.82. The van der Waals surface area contributed by atoms with Gasteiger partial charge in [0.15, 0.2) is 0 Å². The molecule has 0 N–H and O–H groups in total. The van der Waals surface area contributed by atoms with Crippen LogP contribution in [0.4, 0.5) is 34.6 Å². The predicted molar refractivity (Wildman–Crippen MR) is 225 cm³/mol. The number of imidazole rings is 2. The number of hydrogen-bond acceptors (Lipinski definition) is 10. The molecule has 57 heavy (non-hydrogen) atoms. The number of fused-ring (bicyclic) bond motifs is 2. The van der Waals surface area contributed by atoms with Crippen molar-refractivity contribution in [1.82, 2.24) is 9.13 Å². The Balaban J connectivity index is 0.946. The van der Waals surface area contributed by atoms with E-state index in [1.807, 2.05) is 109 Å². The Labute approximate surface area is 335 Å². The van der Waals surface area contributed by atoms with E-state index in [-0.39, 0.29) is 13.2 Å². The summed E-state index contributed by atoms with van der Waals surface area (Å²) in [5.41, 5.74) is 9.94. The molecule has 2 aromatic heterocycles. The maximum Gasteiger partial charge on any atom is 0.422 e. The maximum atomic E-state index is 12.6. The summed E-state index contributed by atoms with van der Waals surface area (Å²) in [6.45, 7) is 10.9. The highest BCUT2D eigenvalue weighted by molar-refractivity contribution is 7.81. The van der Waals surface area contributed by atoms with Crippen LogP contribution in [-0.2, 0) is 47.0 Å². The molecule has 0 amide bonds. The average Bonchev–Trinajstić information content (AvgIpc) is 3.60. The van der Waals surface area contributed by atoms with E-state index in [0.29, 0.717) is 25.9 Å². The first-order valence-corrected chi connectivity index (χ1v) is 20.7. The zero-order valence-electron chi connectivity index (χ0n) is 34.3. The largest absolute Gasteiger partial charge is 0.422 e. The molecule has 4 aromatic carbocycles. The van der Waals surface area contributed by atoms with Crippen molar-refractivity contribution in [1.29, 1.82) is 0 Å². The van der Waals surface area contributed by atoms with Gasteiger partial charge in [-0.1, -0.05) is 34.5 Å². The second-order valence-corrected chi connectivity index (χ2v) is 15.4. The van der Waals surface area contributed by atoms with Crippen LogP contribution in [0.25, 0.3) is 22.1 Å². The SMILES string of the molecule is CCN(CCCOS(=O)(=O)OCCCN(CC)c1ccc(N=Nc2n(C)c3ccccc3[n+]2C)c(C)c1)c1ccc(N=Nc2n(C)c3ccccc3[n+]2C)c(C)c1. The molecule has 0 aliphatic carbocycles. The first-order chi connectivity index (χ1) is 27.4. The molecule has 15 heteroatoms. The number of nitrogens with zero attached hydrogens (tertiary/aromatic N) is 10. The second kappa shape index (κ2) is 18.2. The standard InChI is InChI=1S/C42H54N10O4S/c1-9-51(33-21-23-35(31(3)29-33)43-45-41-47(5)37-17-11-12-18-38(37)48(41)6)25-15-27-55-57(53,54)56-28-16-26-52(10-2)34-22-24-36(32(4)30-34)44-46-42-49(7)39-19-13-14-20-40(39)50(42)8/h11-14,17-24,29-30H,9-10,15-16,25-28H2,1-8H3/q+2. The number of anilines is 2. The summed E-state index contributed by atoms with van der Waals surface area (Å²) in [5, 5.41) is 18.3. The Kier molecular flexibility index (Phi) is 13.1. The van der Waals surface area contributed by atoms with Crippen LogP contribution in [0.3, 0.4) is 0 Å². The minimum absolute atomic E-state index is 0.0228. The van der Waals surface area contributed by atoms with Crippen LogP contribution in [0.1, 0.15) is 37.8 Å². The van der Waals surface area contributed by atoms with Gasteiger partial charge in [-0.25, -0.2) is 26.6 Å². The Morgan fingerprint density at radius 3 is 1.39 bits per heavy atom. The molecule has 14 nitrogen and oxygen atoms in total. The fourth-order valence-electron chi connectivity index (χ4n) is 7.11. The van der Waals surface area contributed by atoms with Crippen molar-refractivity contribution in [3.8, 4) is 0 Å². The van der Waals surface area contributed by atoms with Gasteiger partial charge in [-0.15, -0.1) is 0 Å². The van der Waals surface area contributed by atoms with Crippen molar-refractivity contribution in [2.75, 3.05) is 49.2 Å². The lowest BCUT2D eigenvalue weighted by molar-refractivity contribution is -0.632. The zero-order valence-corrected chi connectivity index (χ0v) is 35.1. The summed E-state index contributed by atoms with van der Waals surface area (Å²) in [6.07, 6.45) is 1.01. The van der Waals surface area contributed by atoms with E-state index >= 15 is 0 Å². The van der Waals surface area contributed by atoms with Crippen molar-refractivity contribution >= 4 is 67.1 Å². The monoisotopic (exact) mass is 794 g/mol. The molecule has 300 valence electrons. The lowest BCUT2D eigenvalue weighted by Gasteiger charge is -2.24. The number of para-hydroxylation sites is 4. The fraction of sp³-hybridized carbons (Fsp3) is 0.381. The van der Waals surface area contributed by atoms with Gasteiger partial charge in [0.05, 0.1) is 41.4 Å². The molecular formula is C42H54N10O4S+2. The van der Waals surface area contributed by atoms with Crippen molar-refractivity contribution in [2.24, 2.45) is 48.6 Å². The fourth-order valence-corrected chi connectivity index (χ4v) is 7.82. The van der Waals surface area contributed by atoms with E-state index in [4.69, 9.17) is 8.37 Å². The van der Waals surface area contributed by atoms with Crippen molar-refractivity contribution in [2.45, 2.75) is 40.5 Å². The van der Waals surface area contributed by atoms with E-state index in [9.17, 15) is 8.42 Å². The second-order valence-electron chi connectivity index (χ2n) is 14.1. The van der Waals surface area contributed by atoms with E-state index in [1.165, 1.54) is 0 Å². The van der Waals surface area contributed by atoms with E-state index in [2.05, 4.69) is 80.5 Å². The lowest BCUT2D eigenvalue weighted by Crippen LogP contribution is -2.26. The van der Waals surface area contributed by atoms with Crippen LogP contribution in [0, 0.1) is 13.8 Å². The van der Waals surface area contributed by atoms with E-state index in [0.717, 1.165) is 80.9 Å². The molecule has 0 bridgehead atoms. The van der Waals surface area contributed by atoms with Gasteiger partial charge in [0, 0.05) is 47.8 Å². The van der Waals surface area contributed by atoms with Gasteiger partial charge < -0.3 is 9.80 Å². The molecule has 6 aromatic rings. The first kappa shape index (κ1) is 41.1. The molecule has 0 fully saturated rings. The third-order valence-corrected chi connectivity index (χ3v) is 11.3. The topological polar surface area (TPSA) is 126 Å². The lowest BCUT2D eigenvalue weighted by atomic mass is 10.1. The van der Waals surface area contributed by atoms with Gasteiger partial charge in [-0.2, -0.15) is 8.42 Å². The molecule has 0 atom stereocenters. The van der Waals surface area contributed by atoms with Gasteiger partial charge in [-0.05, 0) is 112 Å². The molecule has 0 saturated carbocycles. The molecule has 0 spiro atoms. The van der Waals surface area contributed by atoms with Gasteiger partial charge in [0.2, 0.25) is 0 Å². The summed E-state index contributed by atoms with van der Waals surface area (Å²) < 4.78 is 43.6. The highest BCUT2D eigenvalue weighted by atomic mass is 32.3. The minimum Gasteiger partial charge on any atom is -0.372 e. The van der Waals surface area contributed by atoms with Crippen LogP contribution < -0.4 is 18.9 Å². The molecule has 0 unspecified atom stereocenters. The highest BCUT2D eigenvalue weighted by Crippen LogP contribution is 2.29. The Morgan fingerprint density at radius 1 is 0.614 bits per heavy atom. The molecule has 0 aliphatic heterocycles. The number of aromatic nitrogens is 4. The summed E-state index contributed by atoms with van der Waals surface area (Å²) in [5.74, 6) is 1.50.